The van der Waals surface area contributed by atoms with Crippen molar-refractivity contribution in [3.8, 4) is 0 Å². The molecule has 2 nitrogen and oxygen atoms in total. The molecule has 0 aliphatic heterocycles. The largest absolute Gasteiger partial charge is 0.375 e. The van der Waals surface area contributed by atoms with Crippen LogP contribution in [0.3, 0.4) is 0 Å². The first-order chi connectivity index (χ1) is 7.33. The van der Waals surface area contributed by atoms with Gasteiger partial charge in [-0.1, -0.05) is 32.6 Å². The van der Waals surface area contributed by atoms with Gasteiger partial charge in [0.1, 0.15) is 6.29 Å². The van der Waals surface area contributed by atoms with Crippen molar-refractivity contribution < 1.29 is 9.53 Å². The average molecular weight is 212 g/mol. The fraction of sp³-hybridized carbons (Fsp3) is 0.923. The molecule has 0 spiro atoms. The Labute approximate surface area is 93.4 Å². The summed E-state index contributed by atoms with van der Waals surface area (Å²) in [5.41, 5.74) is 0.0641. The van der Waals surface area contributed by atoms with E-state index in [1.165, 1.54) is 32.1 Å². The van der Waals surface area contributed by atoms with Crippen molar-refractivity contribution in [1.82, 2.24) is 0 Å². The number of aldehydes is 1. The number of carbonyl (C=O) groups is 1. The Morgan fingerprint density at radius 2 is 2.00 bits per heavy atom. The molecule has 0 heterocycles. The molecule has 1 aliphatic rings. The van der Waals surface area contributed by atoms with Gasteiger partial charge < -0.3 is 9.53 Å². The molecule has 1 aliphatic carbocycles. The highest BCUT2D eigenvalue weighted by Gasteiger charge is 2.33. The highest BCUT2D eigenvalue weighted by Crippen LogP contribution is 2.36. The second kappa shape index (κ2) is 7.00. The van der Waals surface area contributed by atoms with Crippen molar-refractivity contribution in [3.05, 3.63) is 0 Å². The molecule has 0 aromatic carbocycles. The van der Waals surface area contributed by atoms with E-state index in [4.69, 9.17) is 4.74 Å². The van der Waals surface area contributed by atoms with Crippen molar-refractivity contribution in [2.75, 3.05) is 6.61 Å². The third kappa shape index (κ3) is 4.33. The van der Waals surface area contributed by atoms with Crippen LogP contribution in [0.15, 0.2) is 0 Å². The van der Waals surface area contributed by atoms with E-state index < -0.39 is 0 Å². The Bertz CT molecular complexity index is 171. The number of unbranched alkanes of at least 4 members (excludes halogenated alkanes) is 2. The molecule has 0 amide bonds. The molecular formula is C13H24O2. The van der Waals surface area contributed by atoms with E-state index >= 15 is 0 Å². The van der Waals surface area contributed by atoms with Crippen molar-refractivity contribution in [2.24, 2.45) is 0 Å². The monoisotopic (exact) mass is 212 g/mol. The molecule has 0 atom stereocenters. The van der Waals surface area contributed by atoms with Crippen molar-refractivity contribution in [2.45, 2.75) is 70.3 Å². The predicted octanol–water partition coefficient (Wildman–Crippen LogP) is 3.49. The number of hydrogen-bond donors (Lipinski definition) is 0. The average Bonchev–Trinajstić information content (AvgIpc) is 2.71. The molecule has 15 heavy (non-hydrogen) atoms. The highest BCUT2D eigenvalue weighted by molar-refractivity contribution is 5.49. The summed E-state index contributed by atoms with van der Waals surface area (Å²) in [5.74, 6) is 0. The minimum absolute atomic E-state index is 0.0641. The maximum absolute atomic E-state index is 10.4. The van der Waals surface area contributed by atoms with Crippen LogP contribution < -0.4 is 0 Å². The fourth-order valence-corrected chi connectivity index (χ4v) is 2.45. The first kappa shape index (κ1) is 12.7. The molecular weight excluding hydrogens is 188 g/mol. The highest BCUT2D eigenvalue weighted by atomic mass is 16.5. The SMILES string of the molecule is CCCCCOC1(CCC=O)CCCC1. The molecule has 1 rings (SSSR count). The quantitative estimate of drug-likeness (QED) is 0.455. The van der Waals surface area contributed by atoms with Gasteiger partial charge in [0.2, 0.25) is 0 Å². The first-order valence-corrected chi connectivity index (χ1v) is 6.40. The van der Waals surface area contributed by atoms with Crippen LogP contribution in [0.2, 0.25) is 0 Å². The summed E-state index contributed by atoms with van der Waals surface area (Å²) in [6.45, 7) is 3.09. The van der Waals surface area contributed by atoms with E-state index in [2.05, 4.69) is 6.92 Å². The summed E-state index contributed by atoms with van der Waals surface area (Å²) in [6, 6.07) is 0. The van der Waals surface area contributed by atoms with E-state index in [-0.39, 0.29) is 5.60 Å². The van der Waals surface area contributed by atoms with Gasteiger partial charge in [0.25, 0.3) is 0 Å². The van der Waals surface area contributed by atoms with Gasteiger partial charge in [0.15, 0.2) is 0 Å². The second-order valence-corrected chi connectivity index (χ2v) is 4.65. The minimum Gasteiger partial charge on any atom is -0.375 e. The van der Waals surface area contributed by atoms with Gasteiger partial charge in [-0.15, -0.1) is 0 Å². The van der Waals surface area contributed by atoms with Crippen LogP contribution in [0.5, 0.6) is 0 Å². The molecule has 0 aromatic rings. The van der Waals surface area contributed by atoms with Crippen molar-refractivity contribution >= 4 is 6.29 Å². The zero-order valence-electron chi connectivity index (χ0n) is 9.96. The topological polar surface area (TPSA) is 26.3 Å². The zero-order valence-corrected chi connectivity index (χ0v) is 9.96. The third-order valence-corrected chi connectivity index (χ3v) is 3.39. The van der Waals surface area contributed by atoms with Crippen LogP contribution >= 0.6 is 0 Å². The van der Waals surface area contributed by atoms with E-state index in [1.807, 2.05) is 0 Å². The molecule has 0 saturated heterocycles. The zero-order chi connectivity index (χ0) is 11.0. The Morgan fingerprint density at radius 3 is 2.60 bits per heavy atom. The Balaban J connectivity index is 2.26. The summed E-state index contributed by atoms with van der Waals surface area (Å²) in [7, 11) is 0. The minimum atomic E-state index is 0.0641. The van der Waals surface area contributed by atoms with Gasteiger partial charge in [-0.05, 0) is 25.7 Å². The maximum atomic E-state index is 10.4. The lowest BCUT2D eigenvalue weighted by Crippen LogP contribution is -2.29. The first-order valence-electron chi connectivity index (χ1n) is 6.40. The lowest BCUT2D eigenvalue weighted by atomic mass is 9.96. The Kier molecular flexibility index (Phi) is 5.92. The number of hydrogen-bond acceptors (Lipinski definition) is 2. The summed E-state index contributed by atoms with van der Waals surface area (Å²) in [6.07, 6.45) is 11.1. The van der Waals surface area contributed by atoms with Crippen LogP contribution in [-0.2, 0) is 9.53 Å². The third-order valence-electron chi connectivity index (χ3n) is 3.39. The summed E-state index contributed by atoms with van der Waals surface area (Å²) in [5, 5.41) is 0. The van der Waals surface area contributed by atoms with Crippen molar-refractivity contribution in [3.63, 3.8) is 0 Å². The number of carbonyl (C=O) groups excluding carboxylic acids is 1. The second-order valence-electron chi connectivity index (χ2n) is 4.65. The van der Waals surface area contributed by atoms with Gasteiger partial charge in [0, 0.05) is 13.0 Å². The van der Waals surface area contributed by atoms with Gasteiger partial charge in [0.05, 0.1) is 5.60 Å². The smallest absolute Gasteiger partial charge is 0.120 e. The summed E-state index contributed by atoms with van der Waals surface area (Å²) >= 11 is 0. The number of ether oxygens (including phenoxy) is 1. The summed E-state index contributed by atoms with van der Waals surface area (Å²) in [4.78, 5) is 10.4. The Hall–Kier alpha value is -0.370. The van der Waals surface area contributed by atoms with Crippen LogP contribution in [0, 0.1) is 0 Å². The van der Waals surface area contributed by atoms with Gasteiger partial charge in [-0.2, -0.15) is 0 Å². The standard InChI is InChI=1S/C13H24O2/c1-2-3-6-12-15-13(10-7-11-14)8-4-5-9-13/h11H,2-10,12H2,1H3. The lowest BCUT2D eigenvalue weighted by Gasteiger charge is -2.28. The van der Waals surface area contributed by atoms with Crippen LogP contribution in [0.1, 0.15) is 64.7 Å². The molecule has 0 radical (unpaired) electrons. The van der Waals surface area contributed by atoms with Crippen molar-refractivity contribution in [1.29, 1.82) is 0 Å². The van der Waals surface area contributed by atoms with E-state index in [0.717, 1.165) is 32.2 Å². The van der Waals surface area contributed by atoms with Crippen LogP contribution in [0.25, 0.3) is 0 Å². The molecule has 0 bridgehead atoms. The van der Waals surface area contributed by atoms with Crippen LogP contribution in [0.4, 0.5) is 0 Å². The predicted molar refractivity (Wildman–Crippen MR) is 62.0 cm³/mol. The number of rotatable bonds is 8. The van der Waals surface area contributed by atoms with Crippen LogP contribution in [-0.4, -0.2) is 18.5 Å². The van der Waals surface area contributed by atoms with Gasteiger partial charge in [-0.25, -0.2) is 0 Å². The molecule has 0 unspecified atom stereocenters. The molecule has 0 N–H and O–H groups in total. The van der Waals surface area contributed by atoms with Gasteiger partial charge >= 0.3 is 0 Å². The normalized spacial score (nSPS) is 19.3. The lowest BCUT2D eigenvalue weighted by molar-refractivity contribution is -0.110. The van der Waals surface area contributed by atoms with E-state index in [9.17, 15) is 4.79 Å². The summed E-state index contributed by atoms with van der Waals surface area (Å²) < 4.78 is 6.04. The molecule has 1 fully saturated rings. The van der Waals surface area contributed by atoms with E-state index in [0.29, 0.717) is 6.42 Å². The maximum Gasteiger partial charge on any atom is 0.120 e. The molecule has 0 aromatic heterocycles. The fourth-order valence-electron chi connectivity index (χ4n) is 2.45. The molecule has 1 saturated carbocycles. The van der Waals surface area contributed by atoms with E-state index in [1.54, 1.807) is 0 Å². The molecule has 2 heteroatoms. The Morgan fingerprint density at radius 1 is 1.27 bits per heavy atom. The van der Waals surface area contributed by atoms with Gasteiger partial charge in [-0.3, -0.25) is 0 Å². The molecule has 88 valence electrons.